The lowest BCUT2D eigenvalue weighted by Crippen LogP contribution is -2.40. The third-order valence-electron chi connectivity index (χ3n) is 3.15. The molecule has 5 nitrogen and oxygen atoms in total. The lowest BCUT2D eigenvalue weighted by molar-refractivity contribution is -0.122. The average molecular weight is 272 g/mol. The zero-order valence-corrected chi connectivity index (χ0v) is 11.6. The smallest absolute Gasteiger partial charge is 0.237 e. The first-order valence-corrected chi connectivity index (χ1v) is 6.70. The van der Waals surface area contributed by atoms with Gasteiger partial charge in [0.2, 0.25) is 5.91 Å². The van der Waals surface area contributed by atoms with E-state index >= 15 is 0 Å². The van der Waals surface area contributed by atoms with E-state index in [9.17, 15) is 4.79 Å². The Labute approximate surface area is 118 Å². The van der Waals surface area contributed by atoms with E-state index in [0.29, 0.717) is 13.0 Å². The summed E-state index contributed by atoms with van der Waals surface area (Å²) in [4.78, 5) is 11.9. The number of hydrogen-bond acceptors (Lipinski definition) is 3. The average Bonchev–Trinajstić information content (AvgIpc) is 2.89. The third kappa shape index (κ3) is 4.20. The van der Waals surface area contributed by atoms with E-state index in [1.807, 2.05) is 43.6 Å². The van der Waals surface area contributed by atoms with Gasteiger partial charge in [-0.15, -0.1) is 0 Å². The molecule has 1 aromatic carbocycles. The summed E-state index contributed by atoms with van der Waals surface area (Å²) in [7, 11) is 1.84. The third-order valence-corrected chi connectivity index (χ3v) is 3.15. The Morgan fingerprint density at radius 2 is 2.10 bits per heavy atom. The van der Waals surface area contributed by atoms with Crippen LogP contribution in [-0.4, -0.2) is 21.7 Å². The fraction of sp³-hybridized carbons (Fsp3) is 0.333. The van der Waals surface area contributed by atoms with Gasteiger partial charge in [0.05, 0.1) is 12.2 Å². The number of rotatable bonds is 6. The monoisotopic (exact) mass is 272 g/mol. The maximum absolute atomic E-state index is 11.9. The molecule has 1 heterocycles. The van der Waals surface area contributed by atoms with Crippen LogP contribution in [0, 0.1) is 0 Å². The van der Waals surface area contributed by atoms with Crippen molar-refractivity contribution in [1.82, 2.24) is 15.1 Å². The highest BCUT2D eigenvalue weighted by atomic mass is 16.2. The van der Waals surface area contributed by atoms with E-state index in [2.05, 4.69) is 10.4 Å². The van der Waals surface area contributed by atoms with Gasteiger partial charge in [-0.3, -0.25) is 9.48 Å². The molecule has 2 aromatic rings. The normalized spacial score (nSPS) is 12.1. The summed E-state index contributed by atoms with van der Waals surface area (Å²) < 4.78 is 1.71. The number of benzene rings is 1. The molecule has 1 amide bonds. The summed E-state index contributed by atoms with van der Waals surface area (Å²) in [6, 6.07) is 9.56. The van der Waals surface area contributed by atoms with Crippen LogP contribution in [0.5, 0.6) is 0 Å². The van der Waals surface area contributed by atoms with E-state index in [1.165, 1.54) is 5.56 Å². The maximum atomic E-state index is 11.9. The Morgan fingerprint density at radius 1 is 1.35 bits per heavy atom. The second-order valence-corrected chi connectivity index (χ2v) is 4.87. The molecule has 0 aliphatic carbocycles. The molecule has 2 rings (SSSR count). The SMILES string of the molecule is Cn1cc(CNC(=O)C(N)CCc2ccccc2)cn1. The highest BCUT2D eigenvalue weighted by Crippen LogP contribution is 2.04. The summed E-state index contributed by atoms with van der Waals surface area (Å²) in [6.07, 6.45) is 5.05. The molecule has 0 saturated heterocycles. The van der Waals surface area contributed by atoms with Crippen LogP contribution in [0.3, 0.4) is 0 Å². The van der Waals surface area contributed by atoms with Crippen molar-refractivity contribution < 1.29 is 4.79 Å². The van der Waals surface area contributed by atoms with Crippen molar-refractivity contribution in [3.63, 3.8) is 0 Å². The van der Waals surface area contributed by atoms with Crippen LogP contribution >= 0.6 is 0 Å². The van der Waals surface area contributed by atoms with Crippen LogP contribution in [0.1, 0.15) is 17.5 Å². The van der Waals surface area contributed by atoms with Crippen LogP contribution in [0.15, 0.2) is 42.7 Å². The first-order chi connectivity index (χ1) is 9.65. The number of amides is 1. The van der Waals surface area contributed by atoms with Crippen LogP contribution in [0.2, 0.25) is 0 Å². The summed E-state index contributed by atoms with van der Waals surface area (Å²) in [5.41, 5.74) is 8.07. The highest BCUT2D eigenvalue weighted by molar-refractivity contribution is 5.81. The topological polar surface area (TPSA) is 72.9 Å². The standard InChI is InChI=1S/C15H20N4O/c1-19-11-13(10-18-19)9-17-15(20)14(16)8-7-12-5-3-2-4-6-12/h2-6,10-11,14H,7-9,16H2,1H3,(H,17,20). The van der Waals surface area contributed by atoms with Crippen molar-refractivity contribution in [2.75, 3.05) is 0 Å². The van der Waals surface area contributed by atoms with Gasteiger partial charge >= 0.3 is 0 Å². The van der Waals surface area contributed by atoms with Crippen LogP contribution in [-0.2, 0) is 24.8 Å². The zero-order chi connectivity index (χ0) is 14.4. The lowest BCUT2D eigenvalue weighted by atomic mass is 10.1. The summed E-state index contributed by atoms with van der Waals surface area (Å²) in [5.74, 6) is -0.121. The molecule has 0 fully saturated rings. The van der Waals surface area contributed by atoms with E-state index in [4.69, 9.17) is 5.73 Å². The molecule has 0 spiro atoms. The number of aromatic nitrogens is 2. The first-order valence-electron chi connectivity index (χ1n) is 6.70. The summed E-state index contributed by atoms with van der Waals surface area (Å²) in [6.45, 7) is 0.464. The van der Waals surface area contributed by atoms with Crippen LogP contribution in [0.25, 0.3) is 0 Å². The van der Waals surface area contributed by atoms with Crippen molar-refractivity contribution >= 4 is 5.91 Å². The number of nitrogens with zero attached hydrogens (tertiary/aromatic N) is 2. The van der Waals surface area contributed by atoms with Gasteiger partial charge in [-0.1, -0.05) is 30.3 Å². The van der Waals surface area contributed by atoms with Gasteiger partial charge in [-0.25, -0.2) is 0 Å². The van der Waals surface area contributed by atoms with Crippen molar-refractivity contribution in [2.24, 2.45) is 12.8 Å². The minimum Gasteiger partial charge on any atom is -0.351 e. The molecule has 106 valence electrons. The van der Waals surface area contributed by atoms with Crippen molar-refractivity contribution in [3.8, 4) is 0 Å². The predicted molar refractivity (Wildman–Crippen MR) is 77.8 cm³/mol. The van der Waals surface area contributed by atoms with Crippen molar-refractivity contribution in [3.05, 3.63) is 53.9 Å². The van der Waals surface area contributed by atoms with Crippen LogP contribution < -0.4 is 11.1 Å². The number of carbonyl (C=O) groups excluding carboxylic acids is 1. The molecule has 1 unspecified atom stereocenters. The second-order valence-electron chi connectivity index (χ2n) is 4.87. The molecule has 0 aliphatic rings. The predicted octanol–water partition coefficient (Wildman–Crippen LogP) is 0.996. The van der Waals surface area contributed by atoms with Crippen LogP contribution in [0.4, 0.5) is 0 Å². The maximum Gasteiger partial charge on any atom is 0.237 e. The number of nitrogens with two attached hydrogens (primary N) is 1. The molecule has 1 atom stereocenters. The molecule has 20 heavy (non-hydrogen) atoms. The van der Waals surface area contributed by atoms with E-state index in [0.717, 1.165) is 12.0 Å². The molecular weight excluding hydrogens is 252 g/mol. The Morgan fingerprint density at radius 3 is 2.75 bits per heavy atom. The number of carbonyl (C=O) groups is 1. The largest absolute Gasteiger partial charge is 0.351 e. The van der Waals surface area contributed by atoms with Gasteiger partial charge in [0, 0.05) is 25.4 Å². The van der Waals surface area contributed by atoms with Gasteiger partial charge in [-0.2, -0.15) is 5.10 Å². The number of hydrogen-bond donors (Lipinski definition) is 2. The second kappa shape index (κ2) is 6.86. The highest BCUT2D eigenvalue weighted by Gasteiger charge is 2.13. The van der Waals surface area contributed by atoms with E-state index in [-0.39, 0.29) is 5.91 Å². The lowest BCUT2D eigenvalue weighted by Gasteiger charge is -2.11. The minimum absolute atomic E-state index is 0.121. The molecular formula is C15H20N4O. The molecule has 0 bridgehead atoms. The first kappa shape index (κ1) is 14.3. The zero-order valence-electron chi connectivity index (χ0n) is 11.6. The van der Waals surface area contributed by atoms with Gasteiger partial charge in [0.1, 0.15) is 0 Å². The Bertz CT molecular complexity index is 550. The molecule has 5 heteroatoms. The number of nitrogens with one attached hydrogen (secondary N) is 1. The molecule has 3 N–H and O–H groups in total. The Hall–Kier alpha value is -2.14. The summed E-state index contributed by atoms with van der Waals surface area (Å²) >= 11 is 0. The van der Waals surface area contributed by atoms with Gasteiger partial charge in [0.25, 0.3) is 0 Å². The van der Waals surface area contributed by atoms with E-state index < -0.39 is 6.04 Å². The fourth-order valence-electron chi connectivity index (χ4n) is 1.98. The molecule has 0 saturated carbocycles. The molecule has 1 aromatic heterocycles. The van der Waals surface area contributed by atoms with E-state index in [1.54, 1.807) is 10.9 Å². The molecule has 0 aliphatic heterocycles. The quantitative estimate of drug-likeness (QED) is 0.824. The van der Waals surface area contributed by atoms with Crippen molar-refractivity contribution in [2.45, 2.75) is 25.4 Å². The summed E-state index contributed by atoms with van der Waals surface area (Å²) in [5, 5.41) is 6.88. The molecule has 0 radical (unpaired) electrons. The minimum atomic E-state index is -0.480. The fourth-order valence-corrected chi connectivity index (χ4v) is 1.98. The van der Waals surface area contributed by atoms with Gasteiger partial charge in [-0.05, 0) is 18.4 Å². The number of aryl methyl sites for hydroxylation is 2. The Kier molecular flexibility index (Phi) is 4.90. The van der Waals surface area contributed by atoms with Gasteiger partial charge < -0.3 is 11.1 Å². The Balaban J connectivity index is 1.74. The van der Waals surface area contributed by atoms with Crippen molar-refractivity contribution in [1.29, 1.82) is 0 Å². The van der Waals surface area contributed by atoms with Gasteiger partial charge in [0.15, 0.2) is 0 Å².